The van der Waals surface area contributed by atoms with Gasteiger partial charge in [0.2, 0.25) is 5.91 Å². The quantitative estimate of drug-likeness (QED) is 0.537. The molecule has 0 bridgehead atoms. The van der Waals surface area contributed by atoms with Crippen LogP contribution in [-0.4, -0.2) is 32.3 Å². The van der Waals surface area contributed by atoms with Gasteiger partial charge in [-0.25, -0.2) is 4.39 Å². The lowest BCUT2D eigenvalue weighted by atomic mass is 10.2. The number of benzene rings is 2. The van der Waals surface area contributed by atoms with E-state index >= 15 is 0 Å². The topological polar surface area (TPSA) is 88.9 Å². The zero-order valence-electron chi connectivity index (χ0n) is 16.2. The number of thioether (sulfide) groups is 1. The van der Waals surface area contributed by atoms with Crippen LogP contribution in [-0.2, 0) is 11.8 Å². The monoisotopic (exact) mass is 447 g/mol. The molecule has 1 atom stereocenters. The highest BCUT2D eigenvalue weighted by molar-refractivity contribution is 7.99. The number of amides is 2. The second-order valence-electron chi connectivity index (χ2n) is 6.42. The molecule has 0 aliphatic carbocycles. The van der Waals surface area contributed by atoms with Gasteiger partial charge in [0, 0.05) is 12.7 Å². The van der Waals surface area contributed by atoms with Crippen molar-refractivity contribution in [2.75, 3.05) is 11.1 Å². The Bertz CT molecular complexity index is 1060. The van der Waals surface area contributed by atoms with Crippen LogP contribution in [0.1, 0.15) is 29.1 Å². The van der Waals surface area contributed by atoms with Crippen LogP contribution in [0.2, 0.25) is 5.02 Å². The predicted molar refractivity (Wildman–Crippen MR) is 114 cm³/mol. The lowest BCUT2D eigenvalue weighted by Gasteiger charge is -2.14. The summed E-state index contributed by atoms with van der Waals surface area (Å²) >= 11 is 7.27. The predicted octanol–water partition coefficient (Wildman–Crippen LogP) is 3.83. The molecule has 0 saturated carbocycles. The van der Waals surface area contributed by atoms with Crippen molar-refractivity contribution in [3.63, 3.8) is 0 Å². The molecule has 0 spiro atoms. The molecule has 0 unspecified atom stereocenters. The fourth-order valence-electron chi connectivity index (χ4n) is 2.67. The molecule has 2 N–H and O–H groups in total. The van der Waals surface area contributed by atoms with E-state index in [1.807, 2.05) is 0 Å². The third-order valence-electron chi connectivity index (χ3n) is 4.18. The number of anilines is 1. The molecule has 3 rings (SSSR count). The average molecular weight is 448 g/mol. The Labute approximate surface area is 182 Å². The van der Waals surface area contributed by atoms with Crippen LogP contribution in [0.5, 0.6) is 0 Å². The van der Waals surface area contributed by atoms with Crippen molar-refractivity contribution in [2.45, 2.75) is 18.1 Å². The van der Waals surface area contributed by atoms with Crippen molar-refractivity contribution in [1.82, 2.24) is 20.1 Å². The summed E-state index contributed by atoms with van der Waals surface area (Å²) in [6.07, 6.45) is 0. The van der Waals surface area contributed by atoms with Gasteiger partial charge < -0.3 is 15.2 Å². The number of hydrogen-bond acceptors (Lipinski definition) is 5. The first-order valence-corrected chi connectivity index (χ1v) is 10.3. The van der Waals surface area contributed by atoms with E-state index in [9.17, 15) is 14.0 Å². The van der Waals surface area contributed by atoms with Crippen molar-refractivity contribution in [3.8, 4) is 0 Å². The molecule has 7 nitrogen and oxygen atoms in total. The molecule has 10 heteroatoms. The maximum atomic E-state index is 12.9. The summed E-state index contributed by atoms with van der Waals surface area (Å²) in [4.78, 5) is 24.5. The summed E-state index contributed by atoms with van der Waals surface area (Å²) in [7, 11) is 1.76. The molecule has 0 aliphatic rings. The highest BCUT2D eigenvalue weighted by Crippen LogP contribution is 2.21. The lowest BCUT2D eigenvalue weighted by molar-refractivity contribution is -0.113. The molecule has 2 aromatic carbocycles. The average Bonchev–Trinajstić information content (AvgIpc) is 3.09. The van der Waals surface area contributed by atoms with Gasteiger partial charge in [-0.2, -0.15) is 0 Å². The highest BCUT2D eigenvalue weighted by Gasteiger charge is 2.20. The highest BCUT2D eigenvalue weighted by atomic mass is 35.5. The number of hydrogen-bond donors (Lipinski definition) is 2. The van der Waals surface area contributed by atoms with Gasteiger partial charge >= 0.3 is 0 Å². The molecule has 0 radical (unpaired) electrons. The minimum absolute atomic E-state index is 0.101. The molecule has 0 fully saturated rings. The summed E-state index contributed by atoms with van der Waals surface area (Å²) in [5.41, 5.74) is 0.886. The normalized spacial score (nSPS) is 11.7. The Hall–Kier alpha value is -2.91. The largest absolute Gasteiger partial charge is 0.342 e. The molecular weight excluding hydrogens is 429 g/mol. The van der Waals surface area contributed by atoms with Crippen LogP contribution in [0.25, 0.3) is 0 Å². The van der Waals surface area contributed by atoms with Gasteiger partial charge in [0.15, 0.2) is 11.0 Å². The van der Waals surface area contributed by atoms with Gasteiger partial charge in [-0.1, -0.05) is 35.5 Å². The fourth-order valence-corrected chi connectivity index (χ4v) is 3.61. The number of nitrogens with zero attached hydrogens (tertiary/aromatic N) is 3. The molecule has 1 heterocycles. The van der Waals surface area contributed by atoms with Gasteiger partial charge in [-0.3, -0.25) is 9.59 Å². The first kappa shape index (κ1) is 21.8. The van der Waals surface area contributed by atoms with Crippen molar-refractivity contribution in [2.24, 2.45) is 7.05 Å². The van der Waals surface area contributed by atoms with E-state index in [1.165, 1.54) is 36.0 Å². The molecule has 0 aliphatic heterocycles. The van der Waals surface area contributed by atoms with Crippen LogP contribution >= 0.6 is 23.4 Å². The number of carbonyl (C=O) groups excluding carboxylic acids is 2. The van der Waals surface area contributed by atoms with Crippen molar-refractivity contribution in [1.29, 1.82) is 0 Å². The van der Waals surface area contributed by atoms with E-state index in [-0.39, 0.29) is 23.4 Å². The van der Waals surface area contributed by atoms with Crippen LogP contribution in [0, 0.1) is 5.82 Å². The van der Waals surface area contributed by atoms with Gasteiger partial charge in [-0.05, 0) is 43.3 Å². The summed E-state index contributed by atoms with van der Waals surface area (Å²) in [6.45, 7) is 1.79. The molecule has 30 heavy (non-hydrogen) atoms. The Morgan fingerprint density at radius 1 is 1.17 bits per heavy atom. The third kappa shape index (κ3) is 5.37. The summed E-state index contributed by atoms with van der Waals surface area (Å²) in [5, 5.41) is 14.6. The number of rotatable bonds is 7. The van der Waals surface area contributed by atoms with Crippen LogP contribution in [0.15, 0.2) is 53.7 Å². The number of nitrogens with one attached hydrogen (secondary N) is 2. The summed E-state index contributed by atoms with van der Waals surface area (Å²) < 4.78 is 14.6. The van der Waals surface area contributed by atoms with Gasteiger partial charge in [-0.15, -0.1) is 10.2 Å². The maximum absolute atomic E-state index is 12.9. The molecule has 0 saturated heterocycles. The second kappa shape index (κ2) is 9.73. The van der Waals surface area contributed by atoms with E-state index < -0.39 is 6.04 Å². The van der Waals surface area contributed by atoms with Crippen LogP contribution in [0.3, 0.4) is 0 Å². The van der Waals surface area contributed by atoms with E-state index in [0.29, 0.717) is 27.3 Å². The van der Waals surface area contributed by atoms with Crippen LogP contribution in [0.4, 0.5) is 10.1 Å². The minimum atomic E-state index is -0.423. The molecule has 1 aromatic heterocycles. The first-order valence-electron chi connectivity index (χ1n) is 8.98. The first-order chi connectivity index (χ1) is 14.3. The minimum Gasteiger partial charge on any atom is -0.342 e. The summed E-state index contributed by atoms with van der Waals surface area (Å²) in [6, 6.07) is 11.9. The van der Waals surface area contributed by atoms with Crippen molar-refractivity contribution in [3.05, 3.63) is 70.8 Å². The second-order valence-corrected chi connectivity index (χ2v) is 7.77. The SMILES string of the molecule is C[C@@H](NC(=O)c1ccccc1Cl)c1nnc(SCC(=O)Nc2ccc(F)cc2)n1C. The van der Waals surface area contributed by atoms with Gasteiger partial charge in [0.25, 0.3) is 5.91 Å². The smallest absolute Gasteiger partial charge is 0.253 e. The lowest BCUT2D eigenvalue weighted by Crippen LogP contribution is -2.28. The molecule has 2 amide bonds. The van der Waals surface area contributed by atoms with E-state index in [4.69, 9.17) is 11.6 Å². The Morgan fingerprint density at radius 2 is 1.87 bits per heavy atom. The Morgan fingerprint density at radius 3 is 2.57 bits per heavy atom. The number of aromatic nitrogens is 3. The van der Waals surface area contributed by atoms with Crippen LogP contribution < -0.4 is 10.6 Å². The molecule has 3 aromatic rings. The van der Waals surface area contributed by atoms with E-state index in [0.717, 1.165) is 0 Å². The standard InChI is InChI=1S/C20H19ClFN5O2S/c1-12(23-19(29)15-5-3-4-6-16(15)21)18-25-26-20(27(18)2)30-11-17(28)24-14-9-7-13(22)8-10-14/h3-10,12H,11H2,1-2H3,(H,23,29)(H,24,28)/t12-/m1/s1. The fraction of sp³-hybridized carbons (Fsp3) is 0.200. The zero-order valence-corrected chi connectivity index (χ0v) is 17.8. The van der Waals surface area contributed by atoms with Crippen molar-refractivity contribution < 1.29 is 14.0 Å². The van der Waals surface area contributed by atoms with Gasteiger partial charge in [0.05, 0.1) is 22.4 Å². The molecular formula is C20H19ClFN5O2S. The maximum Gasteiger partial charge on any atom is 0.253 e. The molecule has 156 valence electrons. The zero-order chi connectivity index (χ0) is 21.7. The van der Waals surface area contributed by atoms with E-state index in [2.05, 4.69) is 20.8 Å². The Balaban J connectivity index is 1.58. The van der Waals surface area contributed by atoms with E-state index in [1.54, 1.807) is 42.8 Å². The number of halogens is 2. The Kier molecular flexibility index (Phi) is 7.07. The van der Waals surface area contributed by atoms with Gasteiger partial charge in [0.1, 0.15) is 5.82 Å². The summed E-state index contributed by atoms with van der Waals surface area (Å²) in [5.74, 6) is -0.300. The van der Waals surface area contributed by atoms with Crippen molar-refractivity contribution >= 4 is 40.9 Å². The number of carbonyl (C=O) groups is 2. The third-order valence-corrected chi connectivity index (χ3v) is 5.53.